The van der Waals surface area contributed by atoms with E-state index in [1.165, 1.54) is 6.33 Å². The summed E-state index contributed by atoms with van der Waals surface area (Å²) in [5.74, 6) is 2.44. The molecule has 3 rings (SSSR count). The molecule has 0 saturated carbocycles. The lowest BCUT2D eigenvalue weighted by Gasteiger charge is -2.36. The van der Waals surface area contributed by atoms with Crippen LogP contribution in [0.5, 0.6) is 5.88 Å². The van der Waals surface area contributed by atoms with Crippen LogP contribution >= 0.6 is 11.6 Å². The number of ether oxygens (including phenoxy) is 1. The molecular weight excluding hydrogens is 290 g/mol. The second kappa shape index (κ2) is 6.13. The third kappa shape index (κ3) is 3.16. The molecule has 0 bridgehead atoms. The Morgan fingerprint density at radius 3 is 2.33 bits per heavy atom. The zero-order valence-corrected chi connectivity index (χ0v) is 12.5. The van der Waals surface area contributed by atoms with Gasteiger partial charge in [-0.05, 0) is 12.1 Å². The highest BCUT2D eigenvalue weighted by molar-refractivity contribution is 6.30. The molecule has 1 aliphatic rings. The SMILES string of the molecule is COc1cc(N2CCN(c3ccc(Cl)cn3)CC2)ncn1. The third-order valence-electron chi connectivity index (χ3n) is 3.48. The Balaban J connectivity index is 1.65. The summed E-state index contributed by atoms with van der Waals surface area (Å²) in [6.45, 7) is 3.54. The van der Waals surface area contributed by atoms with Crippen LogP contribution in [0.1, 0.15) is 0 Å². The van der Waals surface area contributed by atoms with Crippen molar-refractivity contribution in [3.05, 3.63) is 35.7 Å². The number of anilines is 2. The largest absolute Gasteiger partial charge is 0.481 e. The molecule has 2 aromatic rings. The summed E-state index contributed by atoms with van der Waals surface area (Å²) in [6, 6.07) is 5.67. The van der Waals surface area contributed by atoms with Crippen LogP contribution in [0.25, 0.3) is 0 Å². The first-order chi connectivity index (χ1) is 10.3. The van der Waals surface area contributed by atoms with Crippen LogP contribution in [0.4, 0.5) is 11.6 Å². The average Bonchev–Trinajstić information content (AvgIpc) is 2.56. The molecule has 0 amide bonds. The van der Waals surface area contributed by atoms with Crippen molar-refractivity contribution in [2.45, 2.75) is 0 Å². The third-order valence-corrected chi connectivity index (χ3v) is 3.70. The maximum absolute atomic E-state index is 5.87. The van der Waals surface area contributed by atoms with E-state index >= 15 is 0 Å². The summed E-state index contributed by atoms with van der Waals surface area (Å²) in [6.07, 6.45) is 3.21. The van der Waals surface area contributed by atoms with Gasteiger partial charge in [-0.3, -0.25) is 0 Å². The van der Waals surface area contributed by atoms with Gasteiger partial charge in [0.25, 0.3) is 0 Å². The lowest BCUT2D eigenvalue weighted by Crippen LogP contribution is -2.47. The van der Waals surface area contributed by atoms with Gasteiger partial charge in [-0.25, -0.2) is 15.0 Å². The smallest absolute Gasteiger partial charge is 0.218 e. The van der Waals surface area contributed by atoms with Gasteiger partial charge in [0.05, 0.1) is 12.1 Å². The molecule has 0 unspecified atom stereocenters. The second-order valence-corrected chi connectivity index (χ2v) is 5.16. The fourth-order valence-corrected chi connectivity index (χ4v) is 2.45. The summed E-state index contributed by atoms with van der Waals surface area (Å²) in [5.41, 5.74) is 0. The lowest BCUT2D eigenvalue weighted by atomic mass is 10.3. The predicted octanol–water partition coefficient (Wildman–Crippen LogP) is 1.86. The van der Waals surface area contributed by atoms with Gasteiger partial charge in [0.15, 0.2) is 0 Å². The van der Waals surface area contributed by atoms with E-state index in [9.17, 15) is 0 Å². The number of nitrogens with zero attached hydrogens (tertiary/aromatic N) is 5. The highest BCUT2D eigenvalue weighted by Crippen LogP contribution is 2.20. The Kier molecular flexibility index (Phi) is 4.06. The van der Waals surface area contributed by atoms with Crippen molar-refractivity contribution in [2.75, 3.05) is 43.1 Å². The van der Waals surface area contributed by atoms with E-state index in [2.05, 4.69) is 24.8 Å². The van der Waals surface area contributed by atoms with Gasteiger partial charge in [0.1, 0.15) is 18.0 Å². The van der Waals surface area contributed by atoms with Gasteiger partial charge in [-0.1, -0.05) is 11.6 Å². The molecule has 21 heavy (non-hydrogen) atoms. The predicted molar refractivity (Wildman–Crippen MR) is 82.3 cm³/mol. The normalized spacial score (nSPS) is 15.1. The van der Waals surface area contributed by atoms with Crippen LogP contribution in [0, 0.1) is 0 Å². The summed E-state index contributed by atoms with van der Waals surface area (Å²) < 4.78 is 5.14. The number of pyridine rings is 1. The van der Waals surface area contributed by atoms with Crippen LogP contribution in [-0.2, 0) is 0 Å². The fraction of sp³-hybridized carbons (Fsp3) is 0.357. The molecule has 0 aromatic carbocycles. The molecule has 0 radical (unpaired) electrons. The number of rotatable bonds is 3. The Morgan fingerprint density at radius 2 is 1.71 bits per heavy atom. The molecule has 1 aliphatic heterocycles. The summed E-state index contributed by atoms with van der Waals surface area (Å²) in [5, 5.41) is 0.658. The van der Waals surface area contributed by atoms with E-state index in [4.69, 9.17) is 16.3 Å². The Labute approximate surface area is 128 Å². The van der Waals surface area contributed by atoms with Crippen molar-refractivity contribution in [3.8, 4) is 5.88 Å². The van der Waals surface area contributed by atoms with E-state index in [1.807, 2.05) is 18.2 Å². The zero-order chi connectivity index (χ0) is 14.7. The molecule has 2 aromatic heterocycles. The van der Waals surface area contributed by atoms with Crippen molar-refractivity contribution >= 4 is 23.2 Å². The Hall–Kier alpha value is -2.08. The first-order valence-electron chi connectivity index (χ1n) is 6.74. The summed E-state index contributed by atoms with van der Waals surface area (Å²) >= 11 is 5.87. The molecule has 7 heteroatoms. The maximum Gasteiger partial charge on any atom is 0.218 e. The molecule has 0 N–H and O–H groups in total. The average molecular weight is 306 g/mol. The number of hydrogen-bond donors (Lipinski definition) is 0. The molecular formula is C14H16ClN5O. The van der Waals surface area contributed by atoms with E-state index in [0.29, 0.717) is 10.9 Å². The van der Waals surface area contributed by atoms with Gasteiger partial charge < -0.3 is 14.5 Å². The van der Waals surface area contributed by atoms with Crippen molar-refractivity contribution in [1.29, 1.82) is 0 Å². The minimum absolute atomic E-state index is 0.585. The van der Waals surface area contributed by atoms with Gasteiger partial charge in [-0.2, -0.15) is 0 Å². The van der Waals surface area contributed by atoms with E-state index in [1.54, 1.807) is 13.3 Å². The topological polar surface area (TPSA) is 54.4 Å². The Morgan fingerprint density at radius 1 is 1.00 bits per heavy atom. The van der Waals surface area contributed by atoms with Crippen molar-refractivity contribution in [1.82, 2.24) is 15.0 Å². The van der Waals surface area contributed by atoms with Gasteiger partial charge in [-0.15, -0.1) is 0 Å². The second-order valence-electron chi connectivity index (χ2n) is 4.73. The van der Waals surface area contributed by atoms with Gasteiger partial charge in [0.2, 0.25) is 5.88 Å². The number of methoxy groups -OCH3 is 1. The van der Waals surface area contributed by atoms with E-state index in [0.717, 1.165) is 37.8 Å². The van der Waals surface area contributed by atoms with Crippen LogP contribution in [-0.4, -0.2) is 48.2 Å². The first-order valence-corrected chi connectivity index (χ1v) is 7.11. The highest BCUT2D eigenvalue weighted by Gasteiger charge is 2.19. The summed E-state index contributed by atoms with van der Waals surface area (Å²) in [4.78, 5) is 17.2. The van der Waals surface area contributed by atoms with E-state index in [-0.39, 0.29) is 0 Å². The molecule has 0 aliphatic carbocycles. The minimum Gasteiger partial charge on any atom is -0.481 e. The number of piperazine rings is 1. The zero-order valence-electron chi connectivity index (χ0n) is 11.7. The van der Waals surface area contributed by atoms with Crippen LogP contribution in [0.15, 0.2) is 30.7 Å². The molecule has 0 atom stereocenters. The first kappa shape index (κ1) is 13.9. The standard InChI is InChI=1S/C14H16ClN5O/c1-21-14-8-13(17-10-18-14)20-6-4-19(5-7-20)12-3-2-11(15)9-16-12/h2-3,8-10H,4-7H2,1H3. The number of halogens is 1. The van der Waals surface area contributed by atoms with Crippen LogP contribution in [0.3, 0.4) is 0 Å². The molecule has 0 spiro atoms. The monoisotopic (exact) mass is 305 g/mol. The Bertz CT molecular complexity index is 599. The molecule has 110 valence electrons. The van der Waals surface area contributed by atoms with Gasteiger partial charge in [0, 0.05) is 38.4 Å². The lowest BCUT2D eigenvalue weighted by molar-refractivity contribution is 0.396. The summed E-state index contributed by atoms with van der Waals surface area (Å²) in [7, 11) is 1.61. The van der Waals surface area contributed by atoms with Crippen molar-refractivity contribution in [3.63, 3.8) is 0 Å². The van der Waals surface area contributed by atoms with Crippen LogP contribution < -0.4 is 14.5 Å². The van der Waals surface area contributed by atoms with E-state index < -0.39 is 0 Å². The highest BCUT2D eigenvalue weighted by atomic mass is 35.5. The van der Waals surface area contributed by atoms with Crippen molar-refractivity contribution in [2.24, 2.45) is 0 Å². The fourth-order valence-electron chi connectivity index (χ4n) is 2.33. The number of hydrogen-bond acceptors (Lipinski definition) is 6. The van der Waals surface area contributed by atoms with Crippen molar-refractivity contribution < 1.29 is 4.74 Å². The number of aromatic nitrogens is 3. The quantitative estimate of drug-likeness (QED) is 0.863. The molecule has 1 fully saturated rings. The van der Waals surface area contributed by atoms with Gasteiger partial charge >= 0.3 is 0 Å². The molecule has 6 nitrogen and oxygen atoms in total. The molecule has 3 heterocycles. The van der Waals surface area contributed by atoms with Crippen LogP contribution in [0.2, 0.25) is 5.02 Å². The molecule has 1 saturated heterocycles. The minimum atomic E-state index is 0.585. The maximum atomic E-state index is 5.87.